The SMILES string of the molecule is COC1(c2ccc(F)cc2F)CC1. The molecule has 0 atom stereocenters. The van der Waals surface area contributed by atoms with E-state index in [4.69, 9.17) is 4.74 Å². The summed E-state index contributed by atoms with van der Waals surface area (Å²) in [5.41, 5.74) is -0.00553. The average molecular weight is 184 g/mol. The maximum atomic E-state index is 13.3. The molecule has 0 aliphatic heterocycles. The van der Waals surface area contributed by atoms with Crippen molar-refractivity contribution < 1.29 is 13.5 Å². The summed E-state index contributed by atoms with van der Waals surface area (Å²) in [4.78, 5) is 0. The second kappa shape index (κ2) is 2.77. The lowest BCUT2D eigenvalue weighted by Crippen LogP contribution is -2.11. The Hall–Kier alpha value is -0.960. The van der Waals surface area contributed by atoms with Gasteiger partial charge in [-0.1, -0.05) is 6.07 Å². The van der Waals surface area contributed by atoms with Crippen LogP contribution in [-0.2, 0) is 10.3 Å². The molecule has 0 unspecified atom stereocenters. The van der Waals surface area contributed by atoms with Crippen molar-refractivity contribution >= 4 is 0 Å². The van der Waals surface area contributed by atoms with Crippen LogP contribution in [0.25, 0.3) is 0 Å². The van der Waals surface area contributed by atoms with E-state index in [1.165, 1.54) is 12.1 Å². The Balaban J connectivity index is 2.41. The molecule has 0 bridgehead atoms. The summed E-state index contributed by atoms with van der Waals surface area (Å²) in [6.45, 7) is 0. The lowest BCUT2D eigenvalue weighted by molar-refractivity contribution is 0.0756. The third-order valence-electron chi connectivity index (χ3n) is 2.52. The molecule has 1 aliphatic rings. The topological polar surface area (TPSA) is 9.23 Å². The summed E-state index contributed by atoms with van der Waals surface area (Å²) in [6.07, 6.45) is 1.62. The lowest BCUT2D eigenvalue weighted by Gasteiger charge is -2.14. The minimum Gasteiger partial charge on any atom is -0.373 e. The minimum atomic E-state index is -0.548. The van der Waals surface area contributed by atoms with Crippen LogP contribution in [-0.4, -0.2) is 7.11 Å². The lowest BCUT2D eigenvalue weighted by atomic mass is 10.1. The predicted molar refractivity (Wildman–Crippen MR) is 44.3 cm³/mol. The molecular weight excluding hydrogens is 174 g/mol. The smallest absolute Gasteiger partial charge is 0.132 e. The van der Waals surface area contributed by atoms with Gasteiger partial charge in [-0.05, 0) is 18.9 Å². The van der Waals surface area contributed by atoms with Crippen LogP contribution in [0.5, 0.6) is 0 Å². The zero-order valence-electron chi connectivity index (χ0n) is 7.31. The molecule has 1 saturated carbocycles. The van der Waals surface area contributed by atoms with Gasteiger partial charge in [0.1, 0.15) is 11.6 Å². The van der Waals surface area contributed by atoms with Crippen molar-refractivity contribution in [2.75, 3.05) is 7.11 Å². The summed E-state index contributed by atoms with van der Waals surface area (Å²) >= 11 is 0. The van der Waals surface area contributed by atoms with E-state index >= 15 is 0 Å². The van der Waals surface area contributed by atoms with Crippen molar-refractivity contribution in [1.29, 1.82) is 0 Å². The van der Waals surface area contributed by atoms with E-state index in [0.717, 1.165) is 18.9 Å². The van der Waals surface area contributed by atoms with Gasteiger partial charge in [0.05, 0.1) is 5.60 Å². The highest BCUT2D eigenvalue weighted by Gasteiger charge is 2.46. The first-order chi connectivity index (χ1) is 6.18. The second-order valence-corrected chi connectivity index (χ2v) is 3.32. The van der Waals surface area contributed by atoms with Crippen LogP contribution in [0.2, 0.25) is 0 Å². The highest BCUT2D eigenvalue weighted by molar-refractivity contribution is 5.29. The van der Waals surface area contributed by atoms with Gasteiger partial charge in [-0.3, -0.25) is 0 Å². The molecular formula is C10H10F2O. The van der Waals surface area contributed by atoms with Crippen LogP contribution in [0.4, 0.5) is 8.78 Å². The van der Waals surface area contributed by atoms with Crippen LogP contribution in [0.15, 0.2) is 18.2 Å². The van der Waals surface area contributed by atoms with Gasteiger partial charge in [0, 0.05) is 18.7 Å². The number of hydrogen-bond donors (Lipinski definition) is 0. The monoisotopic (exact) mass is 184 g/mol. The van der Waals surface area contributed by atoms with Crippen LogP contribution < -0.4 is 0 Å². The van der Waals surface area contributed by atoms with Crippen LogP contribution >= 0.6 is 0 Å². The number of benzene rings is 1. The molecule has 0 radical (unpaired) electrons. The highest BCUT2D eigenvalue weighted by atomic mass is 19.1. The number of hydrogen-bond acceptors (Lipinski definition) is 1. The Morgan fingerprint density at radius 1 is 1.31 bits per heavy atom. The number of rotatable bonds is 2. The Labute approximate surface area is 75.3 Å². The van der Waals surface area contributed by atoms with Gasteiger partial charge in [0.25, 0.3) is 0 Å². The molecule has 0 N–H and O–H groups in total. The van der Waals surface area contributed by atoms with E-state index in [1.54, 1.807) is 7.11 Å². The van der Waals surface area contributed by atoms with Gasteiger partial charge >= 0.3 is 0 Å². The van der Waals surface area contributed by atoms with Gasteiger partial charge < -0.3 is 4.74 Å². The van der Waals surface area contributed by atoms with Gasteiger partial charge in [-0.2, -0.15) is 0 Å². The Kier molecular flexibility index (Phi) is 1.84. The predicted octanol–water partition coefficient (Wildman–Crippen LogP) is 2.60. The largest absolute Gasteiger partial charge is 0.373 e. The Morgan fingerprint density at radius 2 is 2.00 bits per heavy atom. The van der Waals surface area contributed by atoms with Crippen LogP contribution in [0, 0.1) is 11.6 Å². The fraction of sp³-hybridized carbons (Fsp3) is 0.400. The first-order valence-electron chi connectivity index (χ1n) is 4.19. The third-order valence-corrected chi connectivity index (χ3v) is 2.52. The molecule has 0 heterocycles. The summed E-state index contributed by atoms with van der Waals surface area (Å²) < 4.78 is 31.0. The molecule has 1 aliphatic carbocycles. The molecule has 3 heteroatoms. The normalized spacial score (nSPS) is 18.7. The number of halogens is 2. The second-order valence-electron chi connectivity index (χ2n) is 3.32. The molecule has 70 valence electrons. The standard InChI is InChI=1S/C10H10F2O/c1-13-10(4-5-10)8-3-2-7(11)6-9(8)12/h2-3,6H,4-5H2,1H3. The van der Waals surface area contributed by atoms with E-state index < -0.39 is 17.2 Å². The molecule has 0 saturated heterocycles. The number of ether oxygens (including phenoxy) is 1. The van der Waals surface area contributed by atoms with Crippen molar-refractivity contribution in [3.05, 3.63) is 35.4 Å². The zero-order chi connectivity index (χ0) is 9.47. The highest BCUT2D eigenvalue weighted by Crippen LogP contribution is 2.49. The van der Waals surface area contributed by atoms with Crippen molar-refractivity contribution in [3.8, 4) is 0 Å². The summed E-state index contributed by atoms with van der Waals surface area (Å²) in [7, 11) is 1.55. The van der Waals surface area contributed by atoms with Gasteiger partial charge in [-0.25, -0.2) is 8.78 Å². The third kappa shape index (κ3) is 1.33. The average Bonchev–Trinajstić information content (AvgIpc) is 2.85. The quantitative estimate of drug-likeness (QED) is 0.686. The summed E-state index contributed by atoms with van der Waals surface area (Å²) in [5, 5.41) is 0. The fourth-order valence-corrected chi connectivity index (χ4v) is 1.56. The van der Waals surface area contributed by atoms with Crippen molar-refractivity contribution in [2.24, 2.45) is 0 Å². The van der Waals surface area contributed by atoms with Gasteiger partial charge in [0.2, 0.25) is 0 Å². The minimum absolute atomic E-state index is 0.469. The Morgan fingerprint density at radius 3 is 2.46 bits per heavy atom. The fourth-order valence-electron chi connectivity index (χ4n) is 1.56. The van der Waals surface area contributed by atoms with Crippen LogP contribution in [0.1, 0.15) is 18.4 Å². The molecule has 13 heavy (non-hydrogen) atoms. The first-order valence-corrected chi connectivity index (χ1v) is 4.19. The van der Waals surface area contributed by atoms with Crippen LogP contribution in [0.3, 0.4) is 0 Å². The molecule has 1 aromatic carbocycles. The van der Waals surface area contributed by atoms with E-state index in [-0.39, 0.29) is 0 Å². The molecule has 2 rings (SSSR count). The first kappa shape index (κ1) is 8.63. The van der Waals surface area contributed by atoms with E-state index in [1.807, 2.05) is 0 Å². The van der Waals surface area contributed by atoms with Crippen molar-refractivity contribution in [2.45, 2.75) is 18.4 Å². The molecule has 1 aromatic rings. The molecule has 1 nitrogen and oxygen atoms in total. The van der Waals surface area contributed by atoms with Gasteiger partial charge in [-0.15, -0.1) is 0 Å². The summed E-state index contributed by atoms with van der Waals surface area (Å²) in [5.74, 6) is -1.06. The van der Waals surface area contributed by atoms with Crippen molar-refractivity contribution in [3.63, 3.8) is 0 Å². The maximum Gasteiger partial charge on any atom is 0.132 e. The zero-order valence-corrected chi connectivity index (χ0v) is 7.31. The van der Waals surface area contributed by atoms with E-state index in [2.05, 4.69) is 0 Å². The van der Waals surface area contributed by atoms with Crippen molar-refractivity contribution in [1.82, 2.24) is 0 Å². The Bertz CT molecular complexity index is 332. The molecule has 0 amide bonds. The number of methoxy groups -OCH3 is 1. The van der Waals surface area contributed by atoms with E-state index in [0.29, 0.717) is 5.56 Å². The molecule has 1 fully saturated rings. The molecule has 0 aromatic heterocycles. The molecule has 0 spiro atoms. The maximum absolute atomic E-state index is 13.3. The van der Waals surface area contributed by atoms with Gasteiger partial charge in [0.15, 0.2) is 0 Å². The summed E-state index contributed by atoms with van der Waals surface area (Å²) in [6, 6.07) is 3.62. The van der Waals surface area contributed by atoms with E-state index in [9.17, 15) is 8.78 Å².